The lowest BCUT2D eigenvalue weighted by Crippen LogP contribution is -2.27. The van der Waals surface area contributed by atoms with Crippen LogP contribution in [0.15, 0.2) is 30.6 Å². The van der Waals surface area contributed by atoms with Crippen LogP contribution in [0.25, 0.3) is 5.69 Å². The van der Waals surface area contributed by atoms with Crippen molar-refractivity contribution in [2.75, 3.05) is 27.2 Å². The van der Waals surface area contributed by atoms with Crippen molar-refractivity contribution >= 4 is 5.91 Å². The molecule has 7 heteroatoms. The summed E-state index contributed by atoms with van der Waals surface area (Å²) in [5, 5.41) is 13.9. The summed E-state index contributed by atoms with van der Waals surface area (Å²) in [5.74, 6) is -0.0846. The quantitative estimate of drug-likeness (QED) is 0.769. The topological polar surface area (TPSA) is 75.9 Å². The van der Waals surface area contributed by atoms with Crippen LogP contribution in [-0.4, -0.2) is 58.2 Å². The van der Waals surface area contributed by atoms with Gasteiger partial charge in [0.25, 0.3) is 5.91 Å². The van der Waals surface area contributed by atoms with Crippen molar-refractivity contribution in [3.05, 3.63) is 36.2 Å². The second-order valence-electron chi connectivity index (χ2n) is 4.72. The molecule has 2 rings (SSSR count). The molecule has 2 aromatic rings. The maximum atomic E-state index is 12.0. The van der Waals surface area contributed by atoms with Crippen LogP contribution in [0.3, 0.4) is 0 Å². The molecule has 0 aliphatic rings. The Kier molecular flexibility index (Phi) is 4.78. The lowest BCUT2D eigenvalue weighted by Gasteiger charge is -2.10. The minimum atomic E-state index is -0.0846. The molecule has 0 spiro atoms. The molecule has 1 heterocycles. The number of aromatic nitrogens is 4. The summed E-state index contributed by atoms with van der Waals surface area (Å²) < 4.78 is 1.52. The van der Waals surface area contributed by atoms with Gasteiger partial charge in [0.15, 0.2) is 0 Å². The van der Waals surface area contributed by atoms with E-state index in [2.05, 4.69) is 25.7 Å². The van der Waals surface area contributed by atoms with Crippen molar-refractivity contribution in [3.63, 3.8) is 0 Å². The van der Waals surface area contributed by atoms with Crippen molar-refractivity contribution in [2.24, 2.45) is 0 Å². The first-order chi connectivity index (χ1) is 9.66. The van der Waals surface area contributed by atoms with E-state index < -0.39 is 0 Å². The summed E-state index contributed by atoms with van der Waals surface area (Å²) in [5.41, 5.74) is 1.36. The monoisotopic (exact) mass is 274 g/mol. The van der Waals surface area contributed by atoms with E-state index in [1.807, 2.05) is 26.2 Å². The zero-order valence-electron chi connectivity index (χ0n) is 11.7. The largest absolute Gasteiger partial charge is 0.352 e. The predicted molar refractivity (Wildman–Crippen MR) is 74.7 cm³/mol. The third kappa shape index (κ3) is 3.86. The van der Waals surface area contributed by atoms with Gasteiger partial charge in [0.05, 0.1) is 5.69 Å². The van der Waals surface area contributed by atoms with E-state index in [4.69, 9.17) is 0 Å². The van der Waals surface area contributed by atoms with Gasteiger partial charge >= 0.3 is 0 Å². The average molecular weight is 274 g/mol. The maximum absolute atomic E-state index is 12.0. The number of hydrogen-bond acceptors (Lipinski definition) is 5. The maximum Gasteiger partial charge on any atom is 0.251 e. The highest BCUT2D eigenvalue weighted by Gasteiger charge is 2.07. The highest BCUT2D eigenvalue weighted by molar-refractivity contribution is 5.94. The van der Waals surface area contributed by atoms with Crippen LogP contribution in [0.2, 0.25) is 0 Å². The number of nitrogens with zero attached hydrogens (tertiary/aromatic N) is 5. The lowest BCUT2D eigenvalue weighted by atomic mass is 10.2. The Labute approximate surface area is 117 Å². The average Bonchev–Trinajstić information content (AvgIpc) is 2.97. The summed E-state index contributed by atoms with van der Waals surface area (Å²) in [6.45, 7) is 1.61. The molecule has 0 bridgehead atoms. The van der Waals surface area contributed by atoms with Crippen LogP contribution in [-0.2, 0) is 0 Å². The van der Waals surface area contributed by atoms with Crippen molar-refractivity contribution in [3.8, 4) is 5.69 Å². The molecular formula is C13H18N6O. The van der Waals surface area contributed by atoms with E-state index in [9.17, 15) is 4.79 Å². The van der Waals surface area contributed by atoms with Crippen LogP contribution in [0, 0.1) is 0 Å². The van der Waals surface area contributed by atoms with Gasteiger partial charge in [0, 0.05) is 12.1 Å². The Hall–Kier alpha value is -2.28. The Bertz CT molecular complexity index is 552. The van der Waals surface area contributed by atoms with Crippen molar-refractivity contribution in [1.29, 1.82) is 0 Å². The fourth-order valence-corrected chi connectivity index (χ4v) is 1.77. The van der Waals surface area contributed by atoms with E-state index in [1.54, 1.807) is 12.1 Å². The first-order valence-electron chi connectivity index (χ1n) is 6.43. The SMILES string of the molecule is CN(C)CCCNC(=O)c1cccc(-n2cnnn2)c1. The van der Waals surface area contributed by atoms with Gasteiger partial charge < -0.3 is 10.2 Å². The molecule has 0 fully saturated rings. The predicted octanol–water partition coefficient (Wildman–Crippen LogP) is 0.344. The number of tetrazole rings is 1. The molecule has 0 saturated heterocycles. The Morgan fingerprint density at radius 1 is 1.40 bits per heavy atom. The van der Waals surface area contributed by atoms with Crippen molar-refractivity contribution in [1.82, 2.24) is 30.4 Å². The van der Waals surface area contributed by atoms with E-state index in [1.165, 1.54) is 11.0 Å². The highest BCUT2D eigenvalue weighted by Crippen LogP contribution is 2.08. The molecule has 106 valence electrons. The zero-order valence-corrected chi connectivity index (χ0v) is 11.7. The number of amides is 1. The summed E-state index contributed by atoms with van der Waals surface area (Å²) in [7, 11) is 4.02. The summed E-state index contributed by atoms with van der Waals surface area (Å²) in [4.78, 5) is 14.1. The molecule has 20 heavy (non-hydrogen) atoms. The van der Waals surface area contributed by atoms with Crippen LogP contribution >= 0.6 is 0 Å². The Morgan fingerprint density at radius 2 is 2.25 bits per heavy atom. The van der Waals surface area contributed by atoms with Crippen molar-refractivity contribution in [2.45, 2.75) is 6.42 Å². The Balaban J connectivity index is 1.95. The molecule has 1 N–H and O–H groups in total. The third-order valence-corrected chi connectivity index (χ3v) is 2.79. The lowest BCUT2D eigenvalue weighted by molar-refractivity contribution is 0.0952. The van der Waals surface area contributed by atoms with Gasteiger partial charge in [-0.15, -0.1) is 5.10 Å². The minimum Gasteiger partial charge on any atom is -0.352 e. The fourth-order valence-electron chi connectivity index (χ4n) is 1.77. The number of nitrogens with one attached hydrogen (secondary N) is 1. The highest BCUT2D eigenvalue weighted by atomic mass is 16.1. The molecule has 7 nitrogen and oxygen atoms in total. The summed E-state index contributed by atoms with van der Waals surface area (Å²) in [6.07, 6.45) is 2.42. The normalized spacial score (nSPS) is 10.8. The number of rotatable bonds is 6. The first-order valence-corrected chi connectivity index (χ1v) is 6.43. The van der Waals surface area contributed by atoms with Crippen LogP contribution in [0.4, 0.5) is 0 Å². The van der Waals surface area contributed by atoms with Crippen molar-refractivity contribution < 1.29 is 4.79 Å². The second kappa shape index (κ2) is 6.76. The number of benzene rings is 1. The summed E-state index contributed by atoms with van der Waals surface area (Å²) in [6, 6.07) is 7.19. The second-order valence-corrected chi connectivity index (χ2v) is 4.72. The van der Waals surface area contributed by atoms with Crippen LogP contribution in [0.1, 0.15) is 16.8 Å². The molecule has 0 unspecified atom stereocenters. The molecule has 0 saturated carbocycles. The molecule has 1 amide bonds. The standard InChI is InChI=1S/C13H18N6O/c1-18(2)8-4-7-14-13(20)11-5-3-6-12(9-11)19-10-15-16-17-19/h3,5-6,9-10H,4,7-8H2,1-2H3,(H,14,20). The fraction of sp³-hybridized carbons (Fsp3) is 0.385. The minimum absolute atomic E-state index is 0.0846. The van der Waals surface area contributed by atoms with Gasteiger partial charge in [-0.2, -0.15) is 0 Å². The van der Waals surface area contributed by atoms with Gasteiger partial charge in [-0.25, -0.2) is 4.68 Å². The van der Waals surface area contributed by atoms with Gasteiger partial charge in [0.1, 0.15) is 6.33 Å². The molecule has 0 aliphatic carbocycles. The zero-order chi connectivity index (χ0) is 14.4. The van der Waals surface area contributed by atoms with Gasteiger partial charge in [0.2, 0.25) is 0 Å². The van der Waals surface area contributed by atoms with E-state index >= 15 is 0 Å². The molecule has 0 atom stereocenters. The van der Waals surface area contributed by atoms with E-state index in [0.29, 0.717) is 12.1 Å². The van der Waals surface area contributed by atoms with Crippen LogP contribution in [0.5, 0.6) is 0 Å². The van der Waals surface area contributed by atoms with E-state index in [0.717, 1.165) is 18.7 Å². The van der Waals surface area contributed by atoms with Gasteiger partial charge in [-0.05, 0) is 55.7 Å². The van der Waals surface area contributed by atoms with Crippen LogP contribution < -0.4 is 5.32 Å². The number of carbonyl (C=O) groups excluding carboxylic acids is 1. The van der Waals surface area contributed by atoms with E-state index in [-0.39, 0.29) is 5.91 Å². The molecule has 0 aliphatic heterocycles. The number of carbonyl (C=O) groups is 1. The molecular weight excluding hydrogens is 256 g/mol. The third-order valence-electron chi connectivity index (χ3n) is 2.79. The summed E-state index contributed by atoms with van der Waals surface area (Å²) >= 11 is 0. The number of hydrogen-bond donors (Lipinski definition) is 1. The molecule has 0 radical (unpaired) electrons. The first kappa shape index (κ1) is 14.1. The van der Waals surface area contributed by atoms with Gasteiger partial charge in [-0.3, -0.25) is 4.79 Å². The molecule has 1 aromatic carbocycles. The smallest absolute Gasteiger partial charge is 0.251 e. The Morgan fingerprint density at radius 3 is 2.95 bits per heavy atom. The molecule has 1 aromatic heterocycles. The van der Waals surface area contributed by atoms with Gasteiger partial charge in [-0.1, -0.05) is 6.07 Å².